The molecule has 0 unspecified atom stereocenters. The number of benzene rings is 3. The maximum absolute atomic E-state index is 12.6. The molecule has 8 heteroatoms. The largest absolute Gasteiger partial charge is 0.504 e. The Morgan fingerprint density at radius 2 is 1.53 bits per heavy atom. The second kappa shape index (κ2) is 14.6. The van der Waals surface area contributed by atoms with Crippen molar-refractivity contribution in [3.8, 4) is 23.0 Å². The van der Waals surface area contributed by atoms with Crippen molar-refractivity contribution in [3.63, 3.8) is 0 Å². The summed E-state index contributed by atoms with van der Waals surface area (Å²) in [7, 11) is 1.62. The molecule has 8 nitrogen and oxygen atoms in total. The van der Waals surface area contributed by atoms with Crippen molar-refractivity contribution in [2.24, 2.45) is 0 Å². The van der Waals surface area contributed by atoms with E-state index >= 15 is 0 Å². The Morgan fingerprint density at radius 1 is 0.884 bits per heavy atom. The number of rotatable bonds is 13. The number of carbonyl (C=O) groups is 1. The van der Waals surface area contributed by atoms with E-state index in [-0.39, 0.29) is 5.78 Å². The number of Topliss-reactive ketones (excluding diaryl/α,β-unsaturated/α-hetero) is 1. The van der Waals surface area contributed by atoms with Crippen LogP contribution in [0.5, 0.6) is 23.0 Å². The predicted octanol–water partition coefficient (Wildman–Crippen LogP) is 6.35. The van der Waals surface area contributed by atoms with Crippen molar-refractivity contribution in [2.45, 2.75) is 26.2 Å². The summed E-state index contributed by atoms with van der Waals surface area (Å²) < 4.78 is 17.4. The molecule has 3 aromatic carbocycles. The van der Waals surface area contributed by atoms with Crippen LogP contribution in [0.4, 0.5) is 5.69 Å². The van der Waals surface area contributed by atoms with Crippen LogP contribution in [0.1, 0.15) is 24.5 Å². The maximum Gasteiger partial charge on any atom is 0.229 e. The van der Waals surface area contributed by atoms with Crippen LogP contribution in [0.3, 0.4) is 0 Å². The minimum Gasteiger partial charge on any atom is -0.504 e. The molecule has 0 spiro atoms. The molecular formula is C35H38N4O4. The number of hydrogen-bond donors (Lipinski definition) is 0. The van der Waals surface area contributed by atoms with Gasteiger partial charge in [0, 0.05) is 57.1 Å². The number of pyridine rings is 1. The smallest absolute Gasteiger partial charge is 0.229 e. The molecule has 0 amide bonds. The van der Waals surface area contributed by atoms with Gasteiger partial charge in [-0.15, -0.1) is 0 Å². The summed E-state index contributed by atoms with van der Waals surface area (Å²) in [5.41, 5.74) is 3.03. The van der Waals surface area contributed by atoms with Gasteiger partial charge in [-0.05, 0) is 66.6 Å². The third-order valence-electron chi connectivity index (χ3n) is 7.80. The van der Waals surface area contributed by atoms with Gasteiger partial charge >= 0.3 is 0 Å². The van der Waals surface area contributed by atoms with Gasteiger partial charge in [0.2, 0.25) is 5.69 Å². The first kappa shape index (κ1) is 30.0. The van der Waals surface area contributed by atoms with Gasteiger partial charge in [-0.25, -0.2) is 4.85 Å². The van der Waals surface area contributed by atoms with Crippen molar-refractivity contribution in [3.05, 3.63) is 95.5 Å². The highest BCUT2D eigenvalue weighted by Gasteiger charge is 2.16. The van der Waals surface area contributed by atoms with E-state index in [1.165, 1.54) is 0 Å². The van der Waals surface area contributed by atoms with E-state index in [4.69, 9.17) is 20.8 Å². The van der Waals surface area contributed by atoms with E-state index in [2.05, 4.69) is 26.6 Å². The fourth-order valence-corrected chi connectivity index (χ4v) is 5.29. The van der Waals surface area contributed by atoms with E-state index in [0.717, 1.165) is 68.0 Å². The van der Waals surface area contributed by atoms with E-state index in [1.807, 2.05) is 54.6 Å². The molecule has 2 heterocycles. The molecule has 0 saturated carbocycles. The zero-order valence-corrected chi connectivity index (χ0v) is 24.9. The summed E-state index contributed by atoms with van der Waals surface area (Å²) in [5, 5.41) is 0.744. The molecule has 1 fully saturated rings. The molecule has 5 rings (SSSR count). The van der Waals surface area contributed by atoms with Crippen molar-refractivity contribution in [2.75, 3.05) is 53.0 Å². The Labute approximate surface area is 253 Å². The lowest BCUT2D eigenvalue weighted by atomic mass is 10.0. The molecule has 222 valence electrons. The molecule has 1 aliphatic rings. The first-order valence-electron chi connectivity index (χ1n) is 14.8. The molecule has 4 aromatic rings. The number of ketones is 1. The van der Waals surface area contributed by atoms with E-state index in [0.29, 0.717) is 47.9 Å². The van der Waals surface area contributed by atoms with Gasteiger partial charge in [-0.3, -0.25) is 9.78 Å². The Kier molecular flexibility index (Phi) is 10.2. The van der Waals surface area contributed by atoms with Gasteiger partial charge in [0.25, 0.3) is 0 Å². The van der Waals surface area contributed by atoms with Gasteiger partial charge in [-0.2, -0.15) is 0 Å². The minimum atomic E-state index is 0.137. The van der Waals surface area contributed by atoms with Crippen LogP contribution in [0.25, 0.3) is 15.7 Å². The van der Waals surface area contributed by atoms with Crippen molar-refractivity contribution in [1.82, 2.24) is 14.8 Å². The average molecular weight is 579 g/mol. The lowest BCUT2D eigenvalue weighted by molar-refractivity contribution is -0.117. The number of hydrogen-bond acceptors (Lipinski definition) is 7. The number of aromatic nitrogens is 1. The summed E-state index contributed by atoms with van der Waals surface area (Å²) in [5.74, 6) is 2.71. The Morgan fingerprint density at radius 3 is 2.16 bits per heavy atom. The molecule has 1 aliphatic heterocycles. The molecule has 1 saturated heterocycles. The Hall–Kier alpha value is -4.45. The fraction of sp³-hybridized carbons (Fsp3) is 0.343. The van der Waals surface area contributed by atoms with Gasteiger partial charge in [0.05, 0.1) is 25.8 Å². The van der Waals surface area contributed by atoms with Gasteiger partial charge in [0.1, 0.15) is 28.8 Å². The predicted molar refractivity (Wildman–Crippen MR) is 169 cm³/mol. The van der Waals surface area contributed by atoms with Crippen LogP contribution in [-0.4, -0.2) is 73.6 Å². The van der Waals surface area contributed by atoms with Crippen molar-refractivity contribution < 1.29 is 19.0 Å². The number of likely N-dealkylation sites (N-methyl/N-ethyl adjacent to an activating group) is 1. The summed E-state index contributed by atoms with van der Waals surface area (Å²) >= 11 is 0. The first-order valence-corrected chi connectivity index (χ1v) is 14.8. The molecule has 0 bridgehead atoms. The van der Waals surface area contributed by atoms with Crippen LogP contribution >= 0.6 is 0 Å². The van der Waals surface area contributed by atoms with E-state index in [1.54, 1.807) is 25.4 Å². The highest BCUT2D eigenvalue weighted by Crippen LogP contribution is 2.37. The molecule has 0 aliphatic carbocycles. The first-order chi connectivity index (χ1) is 21.0. The quantitative estimate of drug-likeness (QED) is 0.135. The molecular weight excluding hydrogens is 540 g/mol. The molecule has 0 N–H and O–H groups in total. The highest BCUT2D eigenvalue weighted by molar-refractivity contribution is 5.91. The second-order valence-electron chi connectivity index (χ2n) is 10.7. The van der Waals surface area contributed by atoms with Gasteiger partial charge in [0.15, 0.2) is 0 Å². The normalized spacial score (nSPS) is 13.9. The molecule has 43 heavy (non-hydrogen) atoms. The number of ether oxygens (including phenoxy) is 3. The third-order valence-corrected chi connectivity index (χ3v) is 7.80. The number of fused-ring (bicyclic) bond motifs is 1. The van der Waals surface area contributed by atoms with Crippen LogP contribution in [-0.2, 0) is 17.6 Å². The van der Waals surface area contributed by atoms with E-state index < -0.39 is 0 Å². The Bertz CT molecular complexity index is 1560. The zero-order valence-electron chi connectivity index (χ0n) is 24.9. The Balaban J connectivity index is 1.18. The summed E-state index contributed by atoms with van der Waals surface area (Å²) in [6.45, 7) is 17.0. The average Bonchev–Trinajstić information content (AvgIpc) is 3.04. The molecule has 1 aromatic heterocycles. The van der Waals surface area contributed by atoms with Crippen molar-refractivity contribution >= 4 is 22.4 Å². The highest BCUT2D eigenvalue weighted by atomic mass is 16.5. The van der Waals surface area contributed by atoms with E-state index in [9.17, 15) is 4.79 Å². The number of carbonyl (C=O) groups excluding carboxylic acids is 1. The number of piperazine rings is 1. The zero-order chi connectivity index (χ0) is 30.0. The van der Waals surface area contributed by atoms with Crippen LogP contribution < -0.4 is 14.2 Å². The summed E-state index contributed by atoms with van der Waals surface area (Å²) in [4.78, 5) is 25.8. The minimum absolute atomic E-state index is 0.137. The van der Waals surface area contributed by atoms with Crippen molar-refractivity contribution in [1.29, 1.82) is 0 Å². The van der Waals surface area contributed by atoms with Crippen LogP contribution in [0.15, 0.2) is 72.9 Å². The lowest BCUT2D eigenvalue weighted by Crippen LogP contribution is -2.46. The van der Waals surface area contributed by atoms with Gasteiger partial charge in [-0.1, -0.05) is 31.2 Å². The maximum atomic E-state index is 12.6. The fourth-order valence-electron chi connectivity index (χ4n) is 5.29. The number of methoxy groups -OCH3 is 1. The van der Waals surface area contributed by atoms with Crippen LogP contribution in [0, 0.1) is 6.57 Å². The standard InChI is InChI=1S/C35H38N4O4/c1-4-38-17-19-39(20-18-38)16-5-21-42-35-25-32-31(24-33(35)36-2)34(14-15-37-32)43-30-12-8-27(9-13-30)23-28(40)22-26-6-10-29(41-3)11-7-26/h6-15,24-25H,4-5,16-23H2,1,3H3. The number of nitrogens with zero attached hydrogens (tertiary/aromatic N) is 4. The topological polar surface area (TPSA) is 68.5 Å². The van der Waals surface area contributed by atoms with Crippen LogP contribution in [0.2, 0.25) is 0 Å². The second-order valence-corrected chi connectivity index (χ2v) is 10.7. The summed E-state index contributed by atoms with van der Waals surface area (Å²) in [6, 6.07) is 20.5. The summed E-state index contributed by atoms with van der Waals surface area (Å²) in [6.07, 6.45) is 3.32. The molecule has 0 atom stereocenters. The lowest BCUT2D eigenvalue weighted by Gasteiger charge is -2.33. The monoisotopic (exact) mass is 578 g/mol. The molecule has 0 radical (unpaired) electrons. The van der Waals surface area contributed by atoms with Gasteiger partial charge < -0.3 is 24.0 Å². The third kappa shape index (κ3) is 8.10. The SMILES string of the molecule is [C-]#[N+]c1cc2c(Oc3ccc(CC(=O)Cc4ccc(OC)cc4)cc3)ccnc2cc1OCCCN1CCN(CC)CC1.